The summed E-state index contributed by atoms with van der Waals surface area (Å²) in [6.45, 7) is 4.12. The van der Waals surface area contributed by atoms with E-state index in [1.165, 1.54) is 0 Å². The number of ketones is 1. The first-order valence-corrected chi connectivity index (χ1v) is 9.08. The Labute approximate surface area is 158 Å². The highest BCUT2D eigenvalue weighted by molar-refractivity contribution is 6.35. The molecule has 0 spiro atoms. The zero-order valence-corrected chi connectivity index (χ0v) is 16.4. The summed E-state index contributed by atoms with van der Waals surface area (Å²) in [4.78, 5) is 25.8. The van der Waals surface area contributed by atoms with Crippen molar-refractivity contribution in [2.75, 3.05) is 14.1 Å². The molecular weight excluding hydrogens is 359 g/mol. The van der Waals surface area contributed by atoms with E-state index in [1.807, 2.05) is 20.2 Å². The van der Waals surface area contributed by atoms with Crippen molar-refractivity contribution in [3.8, 4) is 0 Å². The van der Waals surface area contributed by atoms with E-state index < -0.39 is 0 Å². The summed E-state index contributed by atoms with van der Waals surface area (Å²) in [5.74, 6) is -0.237. The molecule has 0 saturated carbocycles. The van der Waals surface area contributed by atoms with Gasteiger partial charge in [0.2, 0.25) is 5.91 Å². The predicted octanol–water partition coefficient (Wildman–Crippen LogP) is 4.43. The molecule has 3 rings (SSSR count). The molecule has 1 atom stereocenters. The fourth-order valence-electron chi connectivity index (χ4n) is 3.91. The van der Waals surface area contributed by atoms with Crippen LogP contribution in [0, 0.1) is 5.41 Å². The summed E-state index contributed by atoms with van der Waals surface area (Å²) in [6, 6.07) is 5.24. The van der Waals surface area contributed by atoms with Crippen LogP contribution in [0.15, 0.2) is 29.5 Å². The molecule has 6 heteroatoms. The van der Waals surface area contributed by atoms with Gasteiger partial charge in [0.1, 0.15) is 0 Å². The fraction of sp³-hybridized carbons (Fsp3) is 0.474. The number of allylic oxidation sites excluding steroid dienone is 2. The van der Waals surface area contributed by atoms with Gasteiger partial charge in [0, 0.05) is 54.2 Å². The number of nitrogens with zero attached hydrogens (tertiary/aromatic N) is 2. The number of hydrazine groups is 1. The maximum atomic E-state index is 13.0. The van der Waals surface area contributed by atoms with Gasteiger partial charge in [-0.15, -0.1) is 0 Å². The van der Waals surface area contributed by atoms with Crippen molar-refractivity contribution in [3.63, 3.8) is 0 Å². The largest absolute Gasteiger partial charge is 0.294 e. The summed E-state index contributed by atoms with van der Waals surface area (Å²) in [6.07, 6.45) is 1.38. The Morgan fingerprint density at radius 3 is 2.44 bits per heavy atom. The van der Waals surface area contributed by atoms with E-state index in [2.05, 4.69) is 13.8 Å². The quantitative estimate of drug-likeness (QED) is 0.761. The molecule has 1 unspecified atom stereocenters. The van der Waals surface area contributed by atoms with E-state index in [-0.39, 0.29) is 29.4 Å². The summed E-state index contributed by atoms with van der Waals surface area (Å²) in [5.41, 5.74) is 2.14. The average Bonchev–Trinajstić information content (AvgIpc) is 2.44. The SMILES string of the molecule is CN(C)N1C(=O)CC(c2ccc(Cl)cc2Cl)C2=C1CC(C)(C)CC2=O. The number of Topliss-reactive ketones (excluding diaryl/α,β-unsaturated/α-hetero) is 1. The first-order chi connectivity index (χ1) is 11.6. The zero-order valence-electron chi connectivity index (χ0n) is 14.9. The molecule has 25 heavy (non-hydrogen) atoms. The van der Waals surface area contributed by atoms with Crippen molar-refractivity contribution in [1.82, 2.24) is 10.0 Å². The van der Waals surface area contributed by atoms with Gasteiger partial charge in [0.15, 0.2) is 5.78 Å². The molecule has 134 valence electrons. The molecule has 1 amide bonds. The second kappa shape index (κ2) is 6.42. The van der Waals surface area contributed by atoms with Crippen LogP contribution in [0.5, 0.6) is 0 Å². The van der Waals surface area contributed by atoms with E-state index in [1.54, 1.807) is 22.2 Å². The van der Waals surface area contributed by atoms with E-state index in [4.69, 9.17) is 23.2 Å². The molecule has 1 aromatic rings. The van der Waals surface area contributed by atoms with Gasteiger partial charge in [-0.1, -0.05) is 43.1 Å². The highest BCUT2D eigenvalue weighted by Crippen LogP contribution is 2.48. The first kappa shape index (κ1) is 18.4. The second-order valence-electron chi connectivity index (χ2n) is 7.78. The van der Waals surface area contributed by atoms with Crippen LogP contribution in [0.25, 0.3) is 0 Å². The Bertz CT molecular complexity index is 784. The maximum absolute atomic E-state index is 13.0. The molecule has 1 aromatic carbocycles. The van der Waals surface area contributed by atoms with E-state index in [0.29, 0.717) is 22.9 Å². The molecule has 0 fully saturated rings. The number of carbonyl (C=O) groups excluding carboxylic acids is 2. The van der Waals surface area contributed by atoms with Crippen LogP contribution in [-0.4, -0.2) is 35.8 Å². The summed E-state index contributed by atoms with van der Waals surface area (Å²) < 4.78 is 0. The summed E-state index contributed by atoms with van der Waals surface area (Å²) in [7, 11) is 3.65. The molecule has 0 radical (unpaired) electrons. The molecule has 1 aliphatic heterocycles. The van der Waals surface area contributed by atoms with Crippen LogP contribution in [0.4, 0.5) is 0 Å². The highest BCUT2D eigenvalue weighted by atomic mass is 35.5. The minimum atomic E-state index is -0.313. The molecule has 2 aliphatic rings. The first-order valence-electron chi connectivity index (χ1n) is 8.32. The standard InChI is InChI=1S/C19H22Cl2N2O2/c1-19(2)9-15-18(16(24)10-19)13(8-17(25)23(15)22(3)4)12-6-5-11(20)7-14(12)21/h5-7,13H,8-10H2,1-4H3. The number of hydrogen-bond donors (Lipinski definition) is 0. The highest BCUT2D eigenvalue weighted by Gasteiger charge is 2.45. The van der Waals surface area contributed by atoms with Gasteiger partial charge in [-0.05, 0) is 29.5 Å². The van der Waals surface area contributed by atoms with Crippen molar-refractivity contribution >= 4 is 34.9 Å². The molecule has 0 aromatic heterocycles. The number of halogens is 2. The van der Waals surface area contributed by atoms with Gasteiger partial charge in [0.05, 0.1) is 0 Å². The predicted molar refractivity (Wildman–Crippen MR) is 99.4 cm³/mol. The third-order valence-corrected chi connectivity index (χ3v) is 5.42. The zero-order chi connectivity index (χ0) is 18.5. The number of benzene rings is 1. The molecule has 0 N–H and O–H groups in total. The minimum Gasteiger partial charge on any atom is -0.294 e. The van der Waals surface area contributed by atoms with Crippen LogP contribution >= 0.6 is 23.2 Å². The Balaban J connectivity index is 2.19. The topological polar surface area (TPSA) is 40.6 Å². The van der Waals surface area contributed by atoms with Gasteiger partial charge in [0.25, 0.3) is 0 Å². The van der Waals surface area contributed by atoms with E-state index >= 15 is 0 Å². The Morgan fingerprint density at radius 1 is 1.16 bits per heavy atom. The van der Waals surface area contributed by atoms with Crippen molar-refractivity contribution in [2.45, 2.75) is 39.0 Å². The van der Waals surface area contributed by atoms with Crippen molar-refractivity contribution in [3.05, 3.63) is 45.1 Å². The number of amides is 1. The monoisotopic (exact) mass is 380 g/mol. The van der Waals surface area contributed by atoms with Crippen LogP contribution in [0.2, 0.25) is 10.0 Å². The van der Waals surface area contributed by atoms with Crippen molar-refractivity contribution in [1.29, 1.82) is 0 Å². The third kappa shape index (κ3) is 3.35. The number of hydrogen-bond acceptors (Lipinski definition) is 3. The molecule has 0 saturated heterocycles. The molecule has 0 bridgehead atoms. The molecule has 1 heterocycles. The van der Waals surface area contributed by atoms with Crippen LogP contribution < -0.4 is 0 Å². The second-order valence-corrected chi connectivity index (χ2v) is 8.62. The van der Waals surface area contributed by atoms with Gasteiger partial charge in [-0.2, -0.15) is 0 Å². The lowest BCUT2D eigenvalue weighted by atomic mass is 9.69. The van der Waals surface area contributed by atoms with Crippen LogP contribution in [0.1, 0.15) is 44.6 Å². The third-order valence-electron chi connectivity index (χ3n) is 4.85. The Morgan fingerprint density at radius 2 is 1.84 bits per heavy atom. The molecule has 1 aliphatic carbocycles. The maximum Gasteiger partial charge on any atom is 0.242 e. The number of rotatable bonds is 2. The average molecular weight is 381 g/mol. The Kier molecular flexibility index (Phi) is 4.73. The number of carbonyl (C=O) groups is 2. The lowest BCUT2D eigenvalue weighted by Gasteiger charge is -2.44. The smallest absolute Gasteiger partial charge is 0.242 e. The lowest BCUT2D eigenvalue weighted by Crippen LogP contribution is -2.49. The van der Waals surface area contributed by atoms with Crippen LogP contribution in [-0.2, 0) is 9.59 Å². The molecule has 4 nitrogen and oxygen atoms in total. The lowest BCUT2D eigenvalue weighted by molar-refractivity contribution is -0.143. The van der Waals surface area contributed by atoms with Crippen LogP contribution in [0.3, 0.4) is 0 Å². The van der Waals surface area contributed by atoms with Crippen molar-refractivity contribution < 1.29 is 9.59 Å². The summed E-state index contributed by atoms with van der Waals surface area (Å²) in [5, 5.41) is 4.43. The molecular formula is C19H22Cl2N2O2. The fourth-order valence-corrected chi connectivity index (χ4v) is 4.45. The van der Waals surface area contributed by atoms with Crippen molar-refractivity contribution in [2.24, 2.45) is 5.41 Å². The van der Waals surface area contributed by atoms with Gasteiger partial charge in [-0.25, -0.2) is 10.0 Å². The van der Waals surface area contributed by atoms with Gasteiger partial charge < -0.3 is 0 Å². The van der Waals surface area contributed by atoms with E-state index in [9.17, 15) is 9.59 Å². The summed E-state index contributed by atoms with van der Waals surface area (Å²) >= 11 is 12.4. The van der Waals surface area contributed by atoms with Gasteiger partial charge in [-0.3, -0.25) is 9.59 Å². The van der Waals surface area contributed by atoms with E-state index in [0.717, 1.165) is 16.8 Å². The Hall–Kier alpha value is -1.36. The van der Waals surface area contributed by atoms with Gasteiger partial charge >= 0.3 is 0 Å². The normalized spacial score (nSPS) is 23.3. The minimum absolute atomic E-state index is 0.0229.